The molecule has 0 spiro atoms. The van der Waals surface area contributed by atoms with Crippen LogP contribution in [0.3, 0.4) is 0 Å². The lowest BCUT2D eigenvalue weighted by Crippen LogP contribution is -2.49. The normalized spacial score (nSPS) is 14.8. The molecular weight excluding hydrogens is 410 g/mol. The van der Waals surface area contributed by atoms with Gasteiger partial charge in [-0.3, -0.25) is 14.8 Å². The molecule has 1 fully saturated rings. The highest BCUT2D eigenvalue weighted by Crippen LogP contribution is 2.30. The van der Waals surface area contributed by atoms with Crippen molar-refractivity contribution in [1.82, 2.24) is 20.0 Å². The molecule has 0 saturated carbocycles. The van der Waals surface area contributed by atoms with Gasteiger partial charge in [-0.15, -0.1) is 0 Å². The summed E-state index contributed by atoms with van der Waals surface area (Å²) in [7, 11) is 0. The van der Waals surface area contributed by atoms with E-state index in [1.807, 2.05) is 18.7 Å². The molecule has 0 atom stereocenters. The molecule has 1 amide bonds. The van der Waals surface area contributed by atoms with E-state index < -0.39 is 0 Å². The van der Waals surface area contributed by atoms with Crippen molar-refractivity contribution in [3.63, 3.8) is 0 Å². The van der Waals surface area contributed by atoms with E-state index in [1.165, 1.54) is 24.3 Å². The maximum absolute atomic E-state index is 13.5. The maximum Gasteiger partial charge on any atom is 0.222 e. The Morgan fingerprint density at radius 2 is 1.47 bits per heavy atom. The molecule has 1 aliphatic heterocycles. The average Bonchev–Trinajstić information content (AvgIpc) is 3.12. The van der Waals surface area contributed by atoms with Crippen LogP contribution in [0.5, 0.6) is 0 Å². The van der Waals surface area contributed by atoms with Crippen molar-refractivity contribution in [2.24, 2.45) is 0 Å². The van der Waals surface area contributed by atoms with Crippen LogP contribution in [0.15, 0.2) is 48.5 Å². The standard InChI is InChI=1S/C25H28F2N4O/c1-17-23(18(2)29-28-17)11-12-24(32)30-13-15-31(16-14-30)25(19-3-7-21(26)8-4-19)20-5-9-22(27)10-6-20/h3-10,25H,11-16H2,1-2H3,(H,28,29). The number of hydrogen-bond donors (Lipinski definition) is 1. The molecule has 32 heavy (non-hydrogen) atoms. The fourth-order valence-corrected chi connectivity index (χ4v) is 4.47. The minimum absolute atomic E-state index is 0.121. The van der Waals surface area contributed by atoms with E-state index >= 15 is 0 Å². The number of aromatic nitrogens is 2. The van der Waals surface area contributed by atoms with E-state index in [-0.39, 0.29) is 23.6 Å². The van der Waals surface area contributed by atoms with Gasteiger partial charge in [0.2, 0.25) is 5.91 Å². The van der Waals surface area contributed by atoms with Crippen molar-refractivity contribution >= 4 is 5.91 Å². The molecule has 2 aromatic carbocycles. The van der Waals surface area contributed by atoms with Gasteiger partial charge in [0, 0.05) is 38.3 Å². The van der Waals surface area contributed by atoms with Crippen molar-refractivity contribution in [3.8, 4) is 0 Å². The second kappa shape index (κ2) is 9.61. The van der Waals surface area contributed by atoms with Crippen LogP contribution in [0.1, 0.15) is 40.5 Å². The van der Waals surface area contributed by atoms with Gasteiger partial charge in [0.05, 0.1) is 11.7 Å². The number of rotatable bonds is 6. The van der Waals surface area contributed by atoms with E-state index in [9.17, 15) is 13.6 Å². The summed E-state index contributed by atoms with van der Waals surface area (Å²) in [4.78, 5) is 17.0. The fraction of sp³-hybridized carbons (Fsp3) is 0.360. The third-order valence-corrected chi connectivity index (χ3v) is 6.27. The van der Waals surface area contributed by atoms with Gasteiger partial charge >= 0.3 is 0 Å². The molecule has 0 aliphatic carbocycles. The summed E-state index contributed by atoms with van der Waals surface area (Å²) in [6.45, 7) is 6.56. The number of H-pyrrole nitrogens is 1. The van der Waals surface area contributed by atoms with Gasteiger partial charge < -0.3 is 4.90 Å². The number of hydrogen-bond acceptors (Lipinski definition) is 3. The number of aromatic amines is 1. The molecule has 1 saturated heterocycles. The predicted molar refractivity (Wildman–Crippen MR) is 119 cm³/mol. The number of amides is 1. The average molecular weight is 439 g/mol. The van der Waals surface area contributed by atoms with Crippen LogP contribution < -0.4 is 0 Å². The first-order valence-electron chi connectivity index (χ1n) is 11.0. The summed E-state index contributed by atoms with van der Waals surface area (Å²) < 4.78 is 27.0. The molecule has 7 heteroatoms. The molecule has 0 unspecified atom stereocenters. The Labute approximate surface area is 187 Å². The Kier molecular flexibility index (Phi) is 6.65. The Balaban J connectivity index is 1.43. The number of halogens is 2. The van der Waals surface area contributed by atoms with Crippen molar-refractivity contribution in [1.29, 1.82) is 0 Å². The molecular formula is C25H28F2N4O. The Hall–Kier alpha value is -3.06. The van der Waals surface area contributed by atoms with Gasteiger partial charge in [-0.2, -0.15) is 5.10 Å². The number of aryl methyl sites for hydroxylation is 2. The lowest BCUT2D eigenvalue weighted by molar-refractivity contribution is -0.133. The number of nitrogens with one attached hydrogen (secondary N) is 1. The van der Waals surface area contributed by atoms with E-state index in [0.717, 1.165) is 28.1 Å². The quantitative estimate of drug-likeness (QED) is 0.629. The molecule has 168 valence electrons. The second-order valence-corrected chi connectivity index (χ2v) is 8.33. The zero-order chi connectivity index (χ0) is 22.7. The van der Waals surface area contributed by atoms with Crippen LogP contribution in [0.2, 0.25) is 0 Å². The van der Waals surface area contributed by atoms with Crippen molar-refractivity contribution in [2.75, 3.05) is 26.2 Å². The van der Waals surface area contributed by atoms with Gasteiger partial charge in [0.1, 0.15) is 11.6 Å². The van der Waals surface area contributed by atoms with Gasteiger partial charge in [-0.25, -0.2) is 8.78 Å². The minimum atomic E-state index is -0.287. The summed E-state index contributed by atoms with van der Waals surface area (Å²) in [5, 5.41) is 7.17. The van der Waals surface area contributed by atoms with Crippen molar-refractivity contribution < 1.29 is 13.6 Å². The van der Waals surface area contributed by atoms with Crippen LogP contribution in [0.4, 0.5) is 8.78 Å². The van der Waals surface area contributed by atoms with Crippen molar-refractivity contribution in [2.45, 2.75) is 32.7 Å². The Morgan fingerprint density at radius 1 is 0.938 bits per heavy atom. The number of benzene rings is 2. The molecule has 0 bridgehead atoms. The molecule has 0 radical (unpaired) electrons. The predicted octanol–water partition coefficient (Wildman–Crippen LogP) is 4.17. The number of carbonyl (C=O) groups is 1. The molecule has 2 heterocycles. The van der Waals surface area contributed by atoms with E-state index in [4.69, 9.17) is 0 Å². The highest BCUT2D eigenvalue weighted by atomic mass is 19.1. The smallest absolute Gasteiger partial charge is 0.222 e. The van der Waals surface area contributed by atoms with Crippen LogP contribution in [0.25, 0.3) is 0 Å². The molecule has 1 N–H and O–H groups in total. The third-order valence-electron chi connectivity index (χ3n) is 6.27. The van der Waals surface area contributed by atoms with Crippen LogP contribution >= 0.6 is 0 Å². The number of nitrogens with zero attached hydrogens (tertiary/aromatic N) is 3. The van der Waals surface area contributed by atoms with Crippen LogP contribution in [-0.4, -0.2) is 52.1 Å². The van der Waals surface area contributed by atoms with Gasteiger partial charge in [-0.1, -0.05) is 24.3 Å². The zero-order valence-electron chi connectivity index (χ0n) is 18.4. The summed E-state index contributed by atoms with van der Waals surface area (Å²) in [5.41, 5.74) is 4.97. The highest BCUT2D eigenvalue weighted by Gasteiger charge is 2.28. The van der Waals surface area contributed by atoms with E-state index in [2.05, 4.69) is 15.1 Å². The molecule has 5 nitrogen and oxygen atoms in total. The first-order valence-corrected chi connectivity index (χ1v) is 11.0. The lowest BCUT2D eigenvalue weighted by Gasteiger charge is -2.40. The van der Waals surface area contributed by atoms with Gasteiger partial charge in [0.25, 0.3) is 0 Å². The Morgan fingerprint density at radius 3 is 1.94 bits per heavy atom. The topological polar surface area (TPSA) is 52.2 Å². The zero-order valence-corrected chi connectivity index (χ0v) is 18.4. The molecule has 1 aromatic heterocycles. The summed E-state index contributed by atoms with van der Waals surface area (Å²) in [6, 6.07) is 12.8. The van der Waals surface area contributed by atoms with Gasteiger partial charge in [-0.05, 0) is 61.2 Å². The number of carbonyl (C=O) groups excluding carboxylic acids is 1. The lowest BCUT2D eigenvalue weighted by atomic mass is 9.96. The highest BCUT2D eigenvalue weighted by molar-refractivity contribution is 5.76. The van der Waals surface area contributed by atoms with Gasteiger partial charge in [0.15, 0.2) is 0 Å². The second-order valence-electron chi connectivity index (χ2n) is 8.33. The van der Waals surface area contributed by atoms with E-state index in [0.29, 0.717) is 39.0 Å². The third kappa shape index (κ3) is 4.88. The monoisotopic (exact) mass is 438 g/mol. The van der Waals surface area contributed by atoms with Crippen molar-refractivity contribution in [3.05, 3.63) is 88.2 Å². The minimum Gasteiger partial charge on any atom is -0.340 e. The summed E-state index contributed by atoms with van der Waals surface area (Å²) in [5.74, 6) is -0.431. The van der Waals surface area contributed by atoms with Crippen LogP contribution in [-0.2, 0) is 11.2 Å². The SMILES string of the molecule is Cc1n[nH]c(C)c1CCC(=O)N1CCN(C(c2ccc(F)cc2)c2ccc(F)cc2)CC1. The maximum atomic E-state index is 13.5. The largest absolute Gasteiger partial charge is 0.340 e. The Bertz CT molecular complexity index is 990. The number of piperazine rings is 1. The summed E-state index contributed by atoms with van der Waals surface area (Å²) >= 11 is 0. The van der Waals surface area contributed by atoms with Crippen LogP contribution in [0, 0.1) is 25.5 Å². The molecule has 4 rings (SSSR count). The molecule has 3 aromatic rings. The first-order chi connectivity index (χ1) is 15.4. The molecule has 1 aliphatic rings. The fourth-order valence-electron chi connectivity index (χ4n) is 4.47. The van der Waals surface area contributed by atoms with E-state index in [1.54, 1.807) is 24.3 Å². The summed E-state index contributed by atoms with van der Waals surface area (Å²) in [6.07, 6.45) is 1.14. The first kappa shape index (κ1) is 22.1.